The molecule has 1 atom stereocenters. The Morgan fingerprint density at radius 2 is 2.00 bits per heavy atom. The van der Waals surface area contributed by atoms with Crippen LogP contribution in [0.15, 0.2) is 30.3 Å². The van der Waals surface area contributed by atoms with Crippen LogP contribution in [-0.2, 0) is 12.8 Å². The Labute approximate surface area is 125 Å². The molecule has 0 spiro atoms. The van der Waals surface area contributed by atoms with Gasteiger partial charge in [0, 0.05) is 17.3 Å². The monoisotopic (exact) mass is 288 g/mol. The highest BCUT2D eigenvalue weighted by molar-refractivity contribution is 5.41. The number of hydrogen-bond acceptors (Lipinski definition) is 3. The lowest BCUT2D eigenvalue weighted by molar-refractivity contribution is 0.455. The van der Waals surface area contributed by atoms with Crippen molar-refractivity contribution in [2.45, 2.75) is 39.7 Å². The number of halogens is 1. The molecule has 2 rings (SSSR count). The van der Waals surface area contributed by atoms with Crippen LogP contribution in [0, 0.1) is 12.7 Å². The predicted octanol–water partition coefficient (Wildman–Crippen LogP) is 3.77. The minimum atomic E-state index is -0.289. The van der Waals surface area contributed by atoms with Crippen LogP contribution in [0.1, 0.15) is 30.8 Å². The number of ether oxygens (including phenoxy) is 1. The zero-order valence-corrected chi connectivity index (χ0v) is 12.7. The molecular formula is C17H21FN2O. The van der Waals surface area contributed by atoms with Crippen molar-refractivity contribution in [2.75, 3.05) is 0 Å². The average Bonchev–Trinajstić information content (AvgIpc) is 2.44. The van der Waals surface area contributed by atoms with Crippen molar-refractivity contribution in [3.8, 4) is 11.5 Å². The van der Waals surface area contributed by atoms with Crippen LogP contribution in [0.3, 0.4) is 0 Å². The fourth-order valence-corrected chi connectivity index (χ4v) is 2.22. The standard InChI is InChI=1S/C17H21FN2O/c1-4-15-17(9-8-12(3)20-15)21-16-7-5-6-14(18)13(16)10-11(2)19/h5-9,11H,4,10,19H2,1-3H3. The van der Waals surface area contributed by atoms with Gasteiger partial charge in [-0.2, -0.15) is 0 Å². The molecule has 112 valence electrons. The summed E-state index contributed by atoms with van der Waals surface area (Å²) < 4.78 is 19.9. The fourth-order valence-electron chi connectivity index (χ4n) is 2.22. The second kappa shape index (κ2) is 6.68. The van der Waals surface area contributed by atoms with Gasteiger partial charge in [0.15, 0.2) is 0 Å². The molecule has 1 aromatic carbocycles. The lowest BCUT2D eigenvalue weighted by atomic mass is 10.1. The number of benzene rings is 1. The van der Waals surface area contributed by atoms with Crippen molar-refractivity contribution < 1.29 is 9.13 Å². The lowest BCUT2D eigenvalue weighted by Crippen LogP contribution is -2.19. The highest BCUT2D eigenvalue weighted by atomic mass is 19.1. The van der Waals surface area contributed by atoms with Gasteiger partial charge in [-0.15, -0.1) is 0 Å². The molecular weight excluding hydrogens is 267 g/mol. The van der Waals surface area contributed by atoms with Gasteiger partial charge in [-0.3, -0.25) is 4.98 Å². The van der Waals surface area contributed by atoms with Crippen LogP contribution < -0.4 is 10.5 Å². The first-order valence-corrected chi connectivity index (χ1v) is 7.18. The van der Waals surface area contributed by atoms with Crippen LogP contribution in [-0.4, -0.2) is 11.0 Å². The molecule has 3 nitrogen and oxygen atoms in total. The third-order valence-corrected chi connectivity index (χ3v) is 3.23. The molecule has 0 saturated heterocycles. The summed E-state index contributed by atoms with van der Waals surface area (Å²) in [4.78, 5) is 4.46. The zero-order chi connectivity index (χ0) is 15.4. The molecule has 4 heteroatoms. The van der Waals surface area contributed by atoms with Gasteiger partial charge in [-0.1, -0.05) is 13.0 Å². The molecule has 0 aliphatic heterocycles. The minimum absolute atomic E-state index is 0.133. The summed E-state index contributed by atoms with van der Waals surface area (Å²) in [6, 6.07) is 8.47. The number of aryl methyl sites for hydroxylation is 2. The third kappa shape index (κ3) is 3.79. The van der Waals surface area contributed by atoms with E-state index in [9.17, 15) is 4.39 Å². The van der Waals surface area contributed by atoms with E-state index in [4.69, 9.17) is 10.5 Å². The van der Waals surface area contributed by atoms with E-state index in [0.717, 1.165) is 17.8 Å². The van der Waals surface area contributed by atoms with E-state index in [-0.39, 0.29) is 11.9 Å². The molecule has 2 aromatic rings. The van der Waals surface area contributed by atoms with Crippen LogP contribution in [0.2, 0.25) is 0 Å². The summed E-state index contributed by atoms with van der Waals surface area (Å²) in [5.74, 6) is 0.884. The summed E-state index contributed by atoms with van der Waals surface area (Å²) in [5, 5.41) is 0. The number of pyridine rings is 1. The van der Waals surface area contributed by atoms with Crippen molar-refractivity contribution >= 4 is 0 Å². The van der Waals surface area contributed by atoms with Crippen LogP contribution in [0.5, 0.6) is 11.5 Å². The number of aromatic nitrogens is 1. The van der Waals surface area contributed by atoms with Crippen molar-refractivity contribution in [1.29, 1.82) is 0 Å². The molecule has 0 fully saturated rings. The Morgan fingerprint density at radius 1 is 1.24 bits per heavy atom. The summed E-state index contributed by atoms with van der Waals surface area (Å²) in [5.41, 5.74) is 8.11. The van der Waals surface area contributed by atoms with E-state index in [1.165, 1.54) is 6.07 Å². The second-order valence-corrected chi connectivity index (χ2v) is 5.25. The molecule has 0 bridgehead atoms. The van der Waals surface area contributed by atoms with E-state index in [1.807, 2.05) is 32.9 Å². The SMILES string of the molecule is CCc1nc(C)ccc1Oc1cccc(F)c1CC(C)N. The van der Waals surface area contributed by atoms with Crippen LogP contribution >= 0.6 is 0 Å². The van der Waals surface area contributed by atoms with Crippen molar-refractivity contribution in [3.05, 3.63) is 53.1 Å². The molecule has 0 amide bonds. The summed E-state index contributed by atoms with van der Waals surface area (Å²) in [6.07, 6.45) is 1.19. The van der Waals surface area contributed by atoms with E-state index in [0.29, 0.717) is 23.5 Å². The normalized spacial score (nSPS) is 12.2. The van der Waals surface area contributed by atoms with E-state index in [1.54, 1.807) is 12.1 Å². The Morgan fingerprint density at radius 3 is 2.67 bits per heavy atom. The first-order valence-electron chi connectivity index (χ1n) is 7.18. The summed E-state index contributed by atoms with van der Waals surface area (Å²) in [6.45, 7) is 5.80. The summed E-state index contributed by atoms with van der Waals surface area (Å²) >= 11 is 0. The molecule has 0 radical (unpaired) electrons. The predicted molar refractivity (Wildman–Crippen MR) is 82.2 cm³/mol. The minimum Gasteiger partial charge on any atom is -0.455 e. The molecule has 0 aliphatic rings. The number of rotatable bonds is 5. The molecule has 2 N–H and O–H groups in total. The lowest BCUT2D eigenvalue weighted by Gasteiger charge is -2.15. The van der Waals surface area contributed by atoms with Gasteiger partial charge in [-0.25, -0.2) is 4.39 Å². The summed E-state index contributed by atoms with van der Waals surface area (Å²) in [7, 11) is 0. The molecule has 0 aliphatic carbocycles. The van der Waals surface area contributed by atoms with Crippen molar-refractivity contribution in [2.24, 2.45) is 5.73 Å². The second-order valence-electron chi connectivity index (χ2n) is 5.25. The van der Waals surface area contributed by atoms with Gasteiger partial charge in [0.25, 0.3) is 0 Å². The smallest absolute Gasteiger partial charge is 0.148 e. The van der Waals surface area contributed by atoms with Gasteiger partial charge in [0.2, 0.25) is 0 Å². The van der Waals surface area contributed by atoms with E-state index >= 15 is 0 Å². The number of nitrogens with zero attached hydrogens (tertiary/aromatic N) is 1. The largest absolute Gasteiger partial charge is 0.455 e. The molecule has 1 aromatic heterocycles. The Kier molecular flexibility index (Phi) is 4.91. The Bertz CT molecular complexity index is 626. The first kappa shape index (κ1) is 15.4. The van der Waals surface area contributed by atoms with Gasteiger partial charge in [-0.05, 0) is 51.0 Å². The average molecular weight is 288 g/mol. The van der Waals surface area contributed by atoms with Gasteiger partial charge in [0.1, 0.15) is 17.3 Å². The zero-order valence-electron chi connectivity index (χ0n) is 12.7. The number of hydrogen-bond donors (Lipinski definition) is 1. The Hall–Kier alpha value is -1.94. The van der Waals surface area contributed by atoms with Crippen LogP contribution in [0.25, 0.3) is 0 Å². The quantitative estimate of drug-likeness (QED) is 0.911. The Balaban J connectivity index is 2.37. The van der Waals surface area contributed by atoms with Gasteiger partial charge >= 0.3 is 0 Å². The fraction of sp³-hybridized carbons (Fsp3) is 0.353. The first-order chi connectivity index (χ1) is 10.0. The highest BCUT2D eigenvalue weighted by Gasteiger charge is 2.14. The topological polar surface area (TPSA) is 48.1 Å². The van der Waals surface area contributed by atoms with E-state index < -0.39 is 0 Å². The maximum atomic E-state index is 14.0. The van der Waals surface area contributed by atoms with Crippen LogP contribution in [0.4, 0.5) is 4.39 Å². The van der Waals surface area contributed by atoms with Crippen molar-refractivity contribution in [1.82, 2.24) is 4.98 Å². The van der Waals surface area contributed by atoms with E-state index in [2.05, 4.69) is 4.98 Å². The maximum absolute atomic E-state index is 14.0. The molecule has 1 heterocycles. The third-order valence-electron chi connectivity index (χ3n) is 3.23. The van der Waals surface area contributed by atoms with Gasteiger partial charge in [0.05, 0.1) is 5.69 Å². The molecule has 21 heavy (non-hydrogen) atoms. The molecule has 1 unspecified atom stereocenters. The highest BCUT2D eigenvalue weighted by Crippen LogP contribution is 2.30. The molecule has 0 saturated carbocycles. The number of nitrogens with two attached hydrogens (primary N) is 1. The maximum Gasteiger partial charge on any atom is 0.148 e. The van der Waals surface area contributed by atoms with Crippen molar-refractivity contribution in [3.63, 3.8) is 0 Å². The van der Waals surface area contributed by atoms with Gasteiger partial charge < -0.3 is 10.5 Å².